The third-order valence-electron chi connectivity index (χ3n) is 6.83. The molecule has 0 radical (unpaired) electrons. The number of nitrogens with zero attached hydrogens (tertiary/aromatic N) is 5. The van der Waals surface area contributed by atoms with Crippen molar-refractivity contribution in [2.75, 3.05) is 25.1 Å². The number of aryl methyl sites for hydroxylation is 1. The van der Waals surface area contributed by atoms with Gasteiger partial charge in [-0.05, 0) is 23.1 Å². The van der Waals surface area contributed by atoms with Crippen LogP contribution in [0.3, 0.4) is 0 Å². The van der Waals surface area contributed by atoms with Gasteiger partial charge < -0.3 is 19.3 Å². The van der Waals surface area contributed by atoms with Crippen molar-refractivity contribution in [2.24, 2.45) is 7.05 Å². The summed E-state index contributed by atoms with van der Waals surface area (Å²) in [5, 5.41) is 11.2. The molecule has 6 rings (SSSR count). The van der Waals surface area contributed by atoms with Gasteiger partial charge in [0.15, 0.2) is 11.6 Å². The highest BCUT2D eigenvalue weighted by molar-refractivity contribution is 7.22. The summed E-state index contributed by atoms with van der Waals surface area (Å²) in [5.74, 6) is 2.24. The predicted octanol–water partition coefficient (Wildman–Crippen LogP) is 5.14. The Morgan fingerprint density at radius 1 is 1.08 bits per heavy atom. The smallest absolute Gasteiger partial charge is 0.199 e. The van der Waals surface area contributed by atoms with Gasteiger partial charge in [-0.15, -0.1) is 11.3 Å². The Balaban J connectivity index is 1.69. The molecule has 0 aliphatic carbocycles. The van der Waals surface area contributed by atoms with Gasteiger partial charge in [0.2, 0.25) is 0 Å². The molecule has 0 spiro atoms. The molecule has 1 fully saturated rings. The van der Waals surface area contributed by atoms with Crippen molar-refractivity contribution in [2.45, 2.75) is 19.1 Å². The van der Waals surface area contributed by atoms with E-state index in [0.29, 0.717) is 5.82 Å². The molecule has 5 aromatic rings. The zero-order chi connectivity index (χ0) is 24.6. The molecule has 2 aromatic carbocycles. The molecule has 4 heterocycles. The van der Waals surface area contributed by atoms with E-state index in [1.807, 2.05) is 42.1 Å². The molecule has 8 heteroatoms. The number of benzene rings is 2. The lowest BCUT2D eigenvalue weighted by molar-refractivity contribution is 0.121. The number of rotatable bonds is 6. The van der Waals surface area contributed by atoms with Gasteiger partial charge in [-0.25, -0.2) is 15.0 Å². The van der Waals surface area contributed by atoms with Crippen LogP contribution in [-0.2, 0) is 18.4 Å². The lowest BCUT2D eigenvalue weighted by Crippen LogP contribution is -2.23. The molecule has 1 N–H and O–H groups in total. The van der Waals surface area contributed by atoms with Crippen LogP contribution in [0, 0.1) is 0 Å². The van der Waals surface area contributed by atoms with Gasteiger partial charge >= 0.3 is 0 Å². The van der Waals surface area contributed by atoms with Gasteiger partial charge in [-0.3, -0.25) is 0 Å². The fourth-order valence-corrected chi connectivity index (χ4v) is 6.21. The van der Waals surface area contributed by atoms with E-state index in [-0.39, 0.29) is 12.7 Å². The van der Waals surface area contributed by atoms with Crippen LogP contribution in [0.25, 0.3) is 43.4 Å². The molecular weight excluding hydrogens is 470 g/mol. The molecule has 1 unspecified atom stereocenters. The van der Waals surface area contributed by atoms with E-state index >= 15 is 0 Å². The fourth-order valence-electron chi connectivity index (χ4n) is 4.96. The van der Waals surface area contributed by atoms with Crippen LogP contribution in [0.5, 0.6) is 0 Å². The Morgan fingerprint density at radius 3 is 2.61 bits per heavy atom. The molecule has 7 nitrogen and oxygen atoms in total. The first-order chi connectivity index (χ1) is 17.7. The maximum absolute atomic E-state index is 10.1. The van der Waals surface area contributed by atoms with Crippen molar-refractivity contribution in [1.29, 1.82) is 0 Å². The average Bonchev–Trinajstić information content (AvgIpc) is 3.66. The molecule has 1 aliphatic rings. The number of hydrogen-bond acceptors (Lipinski definition) is 7. The van der Waals surface area contributed by atoms with E-state index in [1.54, 1.807) is 24.6 Å². The van der Waals surface area contributed by atoms with Gasteiger partial charge in [-0.1, -0.05) is 54.6 Å². The van der Waals surface area contributed by atoms with E-state index < -0.39 is 0 Å². The number of methoxy groups -OCH3 is 1. The summed E-state index contributed by atoms with van der Waals surface area (Å²) in [7, 11) is 3.73. The minimum atomic E-state index is -0.0304. The quantitative estimate of drug-likeness (QED) is 0.350. The minimum Gasteiger partial charge on any atom is -0.392 e. The van der Waals surface area contributed by atoms with Crippen molar-refractivity contribution in [3.8, 4) is 33.2 Å². The normalized spacial score (nSPS) is 15.8. The van der Waals surface area contributed by atoms with Crippen LogP contribution >= 0.6 is 11.3 Å². The first-order valence-corrected chi connectivity index (χ1v) is 12.8. The van der Waals surface area contributed by atoms with Crippen LogP contribution in [-0.4, -0.2) is 50.9 Å². The Labute approximate surface area is 213 Å². The third-order valence-corrected chi connectivity index (χ3v) is 7.94. The number of aliphatic hydroxyl groups is 1. The summed E-state index contributed by atoms with van der Waals surface area (Å²) in [6.07, 6.45) is 4.79. The predicted molar refractivity (Wildman–Crippen MR) is 144 cm³/mol. The van der Waals surface area contributed by atoms with Crippen LogP contribution in [0.2, 0.25) is 0 Å². The summed E-state index contributed by atoms with van der Waals surface area (Å²) in [6.45, 7) is 1.60. The van der Waals surface area contributed by atoms with Crippen molar-refractivity contribution in [3.05, 3.63) is 72.6 Å². The molecule has 36 heavy (non-hydrogen) atoms. The topological polar surface area (TPSA) is 76.3 Å². The summed E-state index contributed by atoms with van der Waals surface area (Å²) in [5.41, 5.74) is 4.10. The number of fused-ring (bicyclic) bond motifs is 1. The molecule has 0 bridgehead atoms. The number of imidazole rings is 1. The molecular formula is C28H27N5O2S. The molecule has 1 atom stereocenters. The van der Waals surface area contributed by atoms with Gasteiger partial charge in [0.25, 0.3) is 0 Å². The SMILES string of the molecule is COC1CCN(c2nc(-c3nccn3C)nc3sc(-c4ccccc4CO)c(-c4ccccc4)c23)C1. The first-order valence-electron chi connectivity index (χ1n) is 12.0. The van der Waals surface area contributed by atoms with Crippen LogP contribution in [0.1, 0.15) is 12.0 Å². The maximum Gasteiger partial charge on any atom is 0.199 e. The summed E-state index contributed by atoms with van der Waals surface area (Å²) < 4.78 is 7.63. The number of aromatic nitrogens is 4. The van der Waals surface area contributed by atoms with Crippen molar-refractivity contribution >= 4 is 27.4 Å². The molecule has 1 aliphatic heterocycles. The highest BCUT2D eigenvalue weighted by Crippen LogP contribution is 2.48. The van der Waals surface area contributed by atoms with Gasteiger partial charge in [0.05, 0.1) is 18.1 Å². The van der Waals surface area contributed by atoms with Gasteiger partial charge in [-0.2, -0.15) is 0 Å². The molecule has 0 amide bonds. The van der Waals surface area contributed by atoms with Crippen LogP contribution in [0.15, 0.2) is 67.0 Å². The van der Waals surface area contributed by atoms with Crippen LogP contribution in [0.4, 0.5) is 5.82 Å². The zero-order valence-corrected chi connectivity index (χ0v) is 21.1. The lowest BCUT2D eigenvalue weighted by atomic mass is 9.97. The number of thiophene rings is 1. The van der Waals surface area contributed by atoms with E-state index in [1.165, 1.54) is 0 Å². The molecule has 182 valence electrons. The summed E-state index contributed by atoms with van der Waals surface area (Å²) in [4.78, 5) is 19.0. The highest BCUT2D eigenvalue weighted by atomic mass is 32.1. The van der Waals surface area contributed by atoms with Gasteiger partial charge in [0, 0.05) is 50.1 Å². The summed E-state index contributed by atoms with van der Waals surface area (Å²) in [6, 6.07) is 18.4. The third kappa shape index (κ3) is 3.87. The van der Waals surface area contributed by atoms with Crippen molar-refractivity contribution in [1.82, 2.24) is 19.5 Å². The largest absolute Gasteiger partial charge is 0.392 e. The van der Waals surface area contributed by atoms with Gasteiger partial charge in [0.1, 0.15) is 10.6 Å². The average molecular weight is 498 g/mol. The monoisotopic (exact) mass is 497 g/mol. The standard InChI is InChI=1S/C28H27N5O2S/c1-32-15-13-29-27(32)25-30-26(33-14-12-20(16-33)35-2)23-22(18-8-4-3-5-9-18)24(36-28(23)31-25)21-11-7-6-10-19(21)17-34/h3-11,13,15,20,34H,12,14,16-17H2,1-2H3. The number of aliphatic hydroxyl groups excluding tert-OH is 1. The lowest BCUT2D eigenvalue weighted by Gasteiger charge is -2.20. The molecule has 0 saturated carbocycles. The van der Waals surface area contributed by atoms with Crippen molar-refractivity contribution < 1.29 is 9.84 Å². The fraction of sp³-hybridized carbons (Fsp3) is 0.250. The van der Waals surface area contributed by atoms with E-state index in [0.717, 1.165) is 68.5 Å². The zero-order valence-electron chi connectivity index (χ0n) is 20.3. The Kier molecular flexibility index (Phi) is 6.00. The van der Waals surface area contributed by atoms with E-state index in [9.17, 15) is 5.11 Å². The Bertz CT molecular complexity index is 1530. The first kappa shape index (κ1) is 22.8. The van der Waals surface area contributed by atoms with Crippen molar-refractivity contribution in [3.63, 3.8) is 0 Å². The van der Waals surface area contributed by atoms with E-state index in [4.69, 9.17) is 14.7 Å². The molecule has 3 aromatic heterocycles. The second-order valence-electron chi connectivity index (χ2n) is 8.99. The number of anilines is 1. The van der Waals surface area contributed by atoms with Crippen LogP contribution < -0.4 is 4.90 Å². The summed E-state index contributed by atoms with van der Waals surface area (Å²) >= 11 is 1.64. The Morgan fingerprint density at radius 2 is 1.89 bits per heavy atom. The second-order valence-corrected chi connectivity index (χ2v) is 9.99. The Hall–Kier alpha value is -3.59. The van der Waals surface area contributed by atoms with E-state index in [2.05, 4.69) is 40.2 Å². The molecule has 1 saturated heterocycles. The number of hydrogen-bond donors (Lipinski definition) is 1. The maximum atomic E-state index is 10.1. The minimum absolute atomic E-state index is 0.0304. The number of ether oxygens (including phenoxy) is 1. The second kappa shape index (κ2) is 9.46. The highest BCUT2D eigenvalue weighted by Gasteiger charge is 2.30.